The van der Waals surface area contributed by atoms with E-state index < -0.39 is 28.4 Å². The second-order valence-corrected chi connectivity index (χ2v) is 6.81. The highest BCUT2D eigenvalue weighted by molar-refractivity contribution is 7.99. The zero-order valence-corrected chi connectivity index (χ0v) is 16.0. The summed E-state index contributed by atoms with van der Waals surface area (Å²) in [6.45, 7) is 0. The van der Waals surface area contributed by atoms with Crippen molar-refractivity contribution in [3.8, 4) is 22.8 Å². The first-order chi connectivity index (χ1) is 14.5. The topological polar surface area (TPSA) is 65.7 Å². The Morgan fingerprint density at radius 2 is 1.50 bits per heavy atom. The second kappa shape index (κ2) is 8.11. The van der Waals surface area contributed by atoms with Crippen molar-refractivity contribution < 1.29 is 22.3 Å². The maximum atomic E-state index is 14.1. The predicted octanol–water partition coefficient (Wildman–Crippen LogP) is 4.44. The van der Waals surface area contributed by atoms with E-state index in [4.69, 9.17) is 4.74 Å². The molecular weight excluding hydrogens is 422 g/mol. The summed E-state index contributed by atoms with van der Waals surface area (Å²) in [7, 11) is 1.51. The first-order valence-electron chi connectivity index (χ1n) is 8.37. The first kappa shape index (κ1) is 19.8. The molecule has 4 rings (SSSR count). The molecular formula is C19H11F4N5OS. The SMILES string of the molecule is COc1ccc(-n2c(Sc3c(F)c(F)nc(F)c3F)nnc2-c2ccncc2)cc1. The minimum Gasteiger partial charge on any atom is -0.497 e. The number of hydrogen-bond donors (Lipinski definition) is 0. The van der Waals surface area contributed by atoms with Crippen molar-refractivity contribution >= 4 is 11.8 Å². The van der Waals surface area contributed by atoms with E-state index in [0.717, 1.165) is 0 Å². The lowest BCUT2D eigenvalue weighted by Gasteiger charge is -2.11. The maximum Gasteiger partial charge on any atom is 0.252 e. The average molecular weight is 433 g/mol. The van der Waals surface area contributed by atoms with Gasteiger partial charge in [0.2, 0.25) is 5.16 Å². The smallest absolute Gasteiger partial charge is 0.252 e. The van der Waals surface area contributed by atoms with Crippen LogP contribution in [0.15, 0.2) is 58.8 Å². The van der Waals surface area contributed by atoms with E-state index in [9.17, 15) is 17.6 Å². The molecule has 6 nitrogen and oxygen atoms in total. The van der Waals surface area contributed by atoms with Crippen LogP contribution in [0.25, 0.3) is 17.1 Å². The standard InChI is InChI=1S/C19H11F4N5OS/c1-29-12-4-2-11(3-5-12)28-18(10-6-8-24-9-7-10)26-27-19(28)30-15-13(20)16(22)25-17(23)14(15)21/h2-9H,1H3. The monoisotopic (exact) mass is 433 g/mol. The first-order valence-corrected chi connectivity index (χ1v) is 9.19. The van der Waals surface area contributed by atoms with Gasteiger partial charge < -0.3 is 4.74 Å². The molecule has 0 saturated heterocycles. The van der Waals surface area contributed by atoms with Crippen molar-refractivity contribution in [1.82, 2.24) is 24.7 Å². The van der Waals surface area contributed by atoms with Gasteiger partial charge in [-0.3, -0.25) is 9.55 Å². The van der Waals surface area contributed by atoms with Crippen molar-refractivity contribution in [2.75, 3.05) is 7.11 Å². The molecule has 30 heavy (non-hydrogen) atoms. The van der Waals surface area contributed by atoms with Crippen LogP contribution in [0.4, 0.5) is 17.6 Å². The molecule has 0 fully saturated rings. The Hall–Kier alpha value is -3.47. The molecule has 4 aromatic rings. The third-order valence-electron chi connectivity index (χ3n) is 4.05. The summed E-state index contributed by atoms with van der Waals surface area (Å²) in [5.74, 6) is -5.81. The lowest BCUT2D eigenvalue weighted by atomic mass is 10.2. The Morgan fingerprint density at radius 1 is 0.867 bits per heavy atom. The van der Waals surface area contributed by atoms with Gasteiger partial charge in [-0.2, -0.15) is 13.8 Å². The molecule has 0 atom stereocenters. The second-order valence-electron chi connectivity index (χ2n) is 5.83. The van der Waals surface area contributed by atoms with Crippen LogP contribution in [0.3, 0.4) is 0 Å². The Balaban J connectivity index is 1.88. The van der Waals surface area contributed by atoms with Crippen LogP contribution >= 0.6 is 11.8 Å². The Kier molecular flexibility index (Phi) is 5.36. The minimum atomic E-state index is -1.75. The summed E-state index contributed by atoms with van der Waals surface area (Å²) in [5, 5.41) is 8.05. The lowest BCUT2D eigenvalue weighted by Crippen LogP contribution is -2.04. The number of aromatic nitrogens is 5. The summed E-state index contributed by atoms with van der Waals surface area (Å²) in [6.07, 6.45) is 3.09. The van der Waals surface area contributed by atoms with Crippen molar-refractivity contribution in [2.45, 2.75) is 10.1 Å². The summed E-state index contributed by atoms with van der Waals surface area (Å²) >= 11 is 0.389. The molecule has 0 unspecified atom stereocenters. The van der Waals surface area contributed by atoms with Crippen LogP contribution in [-0.2, 0) is 0 Å². The highest BCUT2D eigenvalue weighted by Gasteiger charge is 2.25. The third-order valence-corrected chi connectivity index (χ3v) is 5.06. The van der Waals surface area contributed by atoms with Crippen molar-refractivity contribution in [3.63, 3.8) is 0 Å². The summed E-state index contributed by atoms with van der Waals surface area (Å²) in [6, 6.07) is 10.0. The molecule has 152 valence electrons. The van der Waals surface area contributed by atoms with Gasteiger partial charge in [-0.1, -0.05) is 0 Å². The number of hydrogen-bond acceptors (Lipinski definition) is 6. The van der Waals surface area contributed by atoms with Crippen LogP contribution in [0, 0.1) is 23.5 Å². The molecule has 0 saturated carbocycles. The van der Waals surface area contributed by atoms with E-state index in [0.29, 0.717) is 34.6 Å². The van der Waals surface area contributed by atoms with Crippen LogP contribution in [0.5, 0.6) is 5.75 Å². The Bertz CT molecular complexity index is 1180. The average Bonchev–Trinajstić information content (AvgIpc) is 3.19. The number of halogens is 4. The highest BCUT2D eigenvalue weighted by atomic mass is 32.2. The van der Waals surface area contributed by atoms with Crippen LogP contribution in [-0.4, -0.2) is 31.8 Å². The van der Waals surface area contributed by atoms with E-state index in [1.165, 1.54) is 11.7 Å². The molecule has 0 aliphatic rings. The molecule has 0 aliphatic carbocycles. The highest BCUT2D eigenvalue weighted by Crippen LogP contribution is 2.36. The number of nitrogens with zero attached hydrogens (tertiary/aromatic N) is 5. The number of benzene rings is 1. The van der Waals surface area contributed by atoms with E-state index >= 15 is 0 Å². The normalized spacial score (nSPS) is 11.0. The predicted molar refractivity (Wildman–Crippen MR) is 99.3 cm³/mol. The molecule has 3 heterocycles. The van der Waals surface area contributed by atoms with Gasteiger partial charge in [0, 0.05) is 18.0 Å². The van der Waals surface area contributed by atoms with E-state index in [2.05, 4.69) is 20.2 Å². The van der Waals surface area contributed by atoms with Crippen LogP contribution in [0.2, 0.25) is 0 Å². The van der Waals surface area contributed by atoms with E-state index in [-0.39, 0.29) is 5.16 Å². The molecule has 1 aromatic carbocycles. The molecule has 0 bridgehead atoms. The van der Waals surface area contributed by atoms with Gasteiger partial charge in [0.15, 0.2) is 17.5 Å². The van der Waals surface area contributed by atoms with E-state index in [1.54, 1.807) is 48.8 Å². The zero-order chi connectivity index (χ0) is 21.3. The molecule has 3 aromatic heterocycles. The fourth-order valence-electron chi connectivity index (χ4n) is 2.64. The van der Waals surface area contributed by atoms with Crippen molar-refractivity contribution in [2.24, 2.45) is 0 Å². The molecule has 0 aliphatic heterocycles. The number of pyridine rings is 2. The number of methoxy groups -OCH3 is 1. The fraction of sp³-hybridized carbons (Fsp3) is 0.0526. The van der Waals surface area contributed by atoms with Gasteiger partial charge >= 0.3 is 0 Å². The summed E-state index contributed by atoms with van der Waals surface area (Å²) in [5.41, 5.74) is 1.15. The largest absolute Gasteiger partial charge is 0.497 e. The number of rotatable bonds is 5. The van der Waals surface area contributed by atoms with E-state index in [1.807, 2.05) is 0 Å². The van der Waals surface area contributed by atoms with Crippen molar-refractivity contribution in [3.05, 3.63) is 72.3 Å². The molecule has 0 amide bonds. The van der Waals surface area contributed by atoms with Gasteiger partial charge in [-0.15, -0.1) is 10.2 Å². The molecule has 0 radical (unpaired) electrons. The Labute approximate surface area is 171 Å². The summed E-state index contributed by atoms with van der Waals surface area (Å²) in [4.78, 5) is 5.60. The van der Waals surface area contributed by atoms with Crippen molar-refractivity contribution in [1.29, 1.82) is 0 Å². The van der Waals surface area contributed by atoms with Gasteiger partial charge in [0.25, 0.3) is 11.9 Å². The summed E-state index contributed by atoms with van der Waals surface area (Å²) < 4.78 is 62.0. The quantitative estimate of drug-likeness (QED) is 0.343. The molecule has 0 spiro atoms. The zero-order valence-electron chi connectivity index (χ0n) is 15.2. The molecule has 0 N–H and O–H groups in total. The Morgan fingerprint density at radius 3 is 2.10 bits per heavy atom. The molecule has 11 heteroatoms. The fourth-order valence-corrected chi connectivity index (χ4v) is 3.53. The maximum absolute atomic E-state index is 14.1. The van der Waals surface area contributed by atoms with Crippen LogP contribution in [0.1, 0.15) is 0 Å². The van der Waals surface area contributed by atoms with Gasteiger partial charge in [-0.05, 0) is 48.2 Å². The third kappa shape index (κ3) is 3.59. The number of ether oxygens (including phenoxy) is 1. The van der Waals surface area contributed by atoms with Gasteiger partial charge in [-0.25, -0.2) is 8.78 Å². The minimum absolute atomic E-state index is 0.0187. The van der Waals surface area contributed by atoms with Gasteiger partial charge in [0.1, 0.15) is 5.75 Å². The van der Waals surface area contributed by atoms with Crippen LogP contribution < -0.4 is 4.74 Å². The van der Waals surface area contributed by atoms with Gasteiger partial charge in [0.05, 0.1) is 17.7 Å². The lowest BCUT2D eigenvalue weighted by molar-refractivity contribution is 0.383.